The molecule has 120 valence electrons. The van der Waals surface area contributed by atoms with Crippen LogP contribution in [0.25, 0.3) is 0 Å². The molecule has 7 nitrogen and oxygen atoms in total. The maximum Gasteiger partial charge on any atom is 0.211 e. The maximum atomic E-state index is 11.8. The van der Waals surface area contributed by atoms with E-state index in [2.05, 4.69) is 0 Å². The molecular formula is C15H19NO6. The van der Waals surface area contributed by atoms with Crippen LogP contribution in [0.4, 0.5) is 0 Å². The fraction of sp³-hybridized carbons (Fsp3) is 0.467. The summed E-state index contributed by atoms with van der Waals surface area (Å²) < 4.78 is 10.3. The third kappa shape index (κ3) is 4.03. The highest BCUT2D eigenvalue weighted by molar-refractivity contribution is 6.01. The van der Waals surface area contributed by atoms with Gasteiger partial charge in [-0.25, -0.2) is 0 Å². The summed E-state index contributed by atoms with van der Waals surface area (Å²) in [5.74, 6) is -1.91. The number of hydrogen-bond donors (Lipinski definition) is 0. The first kappa shape index (κ1) is 17.6. The second kappa shape index (κ2) is 7.53. The largest absolute Gasteiger partial charge is 0.497 e. The molecule has 0 aliphatic heterocycles. The Bertz CT molecular complexity index is 569. The van der Waals surface area contributed by atoms with Gasteiger partial charge in [-0.05, 0) is 19.9 Å². The van der Waals surface area contributed by atoms with Crippen molar-refractivity contribution in [1.29, 1.82) is 0 Å². The van der Waals surface area contributed by atoms with Gasteiger partial charge in [0.1, 0.15) is 23.1 Å². The van der Waals surface area contributed by atoms with E-state index in [-0.39, 0.29) is 0 Å². The summed E-state index contributed by atoms with van der Waals surface area (Å²) >= 11 is 0. The number of methoxy groups -OCH3 is 2. The van der Waals surface area contributed by atoms with E-state index in [9.17, 15) is 19.7 Å². The zero-order chi connectivity index (χ0) is 16.9. The van der Waals surface area contributed by atoms with Gasteiger partial charge in [0, 0.05) is 16.6 Å². The van der Waals surface area contributed by atoms with Crippen molar-refractivity contribution < 1.29 is 24.0 Å². The number of hydrogen-bond acceptors (Lipinski definition) is 6. The molecule has 0 aliphatic rings. The average Bonchev–Trinajstić information content (AvgIpc) is 2.44. The van der Waals surface area contributed by atoms with E-state index in [1.54, 1.807) is 18.2 Å². The molecule has 0 heterocycles. The van der Waals surface area contributed by atoms with Gasteiger partial charge >= 0.3 is 0 Å². The number of benzene rings is 1. The van der Waals surface area contributed by atoms with Crippen molar-refractivity contribution in [1.82, 2.24) is 0 Å². The number of Topliss-reactive ketones (excluding diaryl/α,β-unsaturated/α-hetero) is 2. The van der Waals surface area contributed by atoms with E-state index in [1.807, 2.05) is 0 Å². The summed E-state index contributed by atoms with van der Waals surface area (Å²) in [4.78, 5) is 34.0. The molecule has 7 heteroatoms. The number of nitrogens with zero attached hydrogens (tertiary/aromatic N) is 1. The van der Waals surface area contributed by atoms with Gasteiger partial charge in [-0.3, -0.25) is 19.7 Å². The van der Waals surface area contributed by atoms with Gasteiger partial charge in [-0.1, -0.05) is 6.07 Å². The molecule has 22 heavy (non-hydrogen) atoms. The Kier molecular flexibility index (Phi) is 6.03. The first-order valence-electron chi connectivity index (χ1n) is 6.66. The Morgan fingerprint density at radius 3 is 2.18 bits per heavy atom. The Hall–Kier alpha value is -2.44. The lowest BCUT2D eigenvalue weighted by atomic mass is 9.81. The second-order valence-corrected chi connectivity index (χ2v) is 4.93. The summed E-state index contributed by atoms with van der Waals surface area (Å²) in [6.45, 7) is 1.98. The molecule has 0 fully saturated rings. The smallest absolute Gasteiger partial charge is 0.211 e. The van der Waals surface area contributed by atoms with Crippen molar-refractivity contribution in [3.63, 3.8) is 0 Å². The van der Waals surface area contributed by atoms with Crippen LogP contribution in [0.2, 0.25) is 0 Å². The van der Waals surface area contributed by atoms with Crippen LogP contribution >= 0.6 is 0 Å². The molecule has 0 N–H and O–H groups in total. The lowest BCUT2D eigenvalue weighted by Gasteiger charge is -2.22. The molecule has 0 aliphatic carbocycles. The molecule has 0 saturated carbocycles. The predicted molar refractivity (Wildman–Crippen MR) is 79.0 cm³/mol. The molecule has 0 saturated heterocycles. The van der Waals surface area contributed by atoms with E-state index in [0.29, 0.717) is 17.1 Å². The molecule has 1 aromatic rings. The molecule has 0 unspecified atom stereocenters. The van der Waals surface area contributed by atoms with E-state index >= 15 is 0 Å². The molecule has 0 bridgehead atoms. The van der Waals surface area contributed by atoms with Gasteiger partial charge in [-0.2, -0.15) is 0 Å². The number of carbonyl (C=O) groups excluding carboxylic acids is 2. The van der Waals surface area contributed by atoms with Crippen LogP contribution in [0.5, 0.6) is 11.5 Å². The lowest BCUT2D eigenvalue weighted by Crippen LogP contribution is -2.31. The molecule has 0 spiro atoms. The van der Waals surface area contributed by atoms with Crippen molar-refractivity contribution in [3.8, 4) is 11.5 Å². The van der Waals surface area contributed by atoms with E-state index in [1.165, 1.54) is 28.1 Å². The minimum atomic E-state index is -1.08. The van der Waals surface area contributed by atoms with Crippen molar-refractivity contribution in [2.45, 2.75) is 19.8 Å². The Morgan fingerprint density at radius 2 is 1.77 bits per heavy atom. The first-order chi connectivity index (χ1) is 10.3. The van der Waals surface area contributed by atoms with Crippen molar-refractivity contribution in [2.75, 3.05) is 20.8 Å². The summed E-state index contributed by atoms with van der Waals surface area (Å²) in [7, 11) is 2.90. The number of ketones is 2. The quantitative estimate of drug-likeness (QED) is 0.413. The van der Waals surface area contributed by atoms with Crippen LogP contribution in [0.15, 0.2) is 18.2 Å². The Labute approximate surface area is 128 Å². The van der Waals surface area contributed by atoms with Gasteiger partial charge in [0.15, 0.2) is 0 Å². The van der Waals surface area contributed by atoms with E-state index < -0.39 is 34.9 Å². The summed E-state index contributed by atoms with van der Waals surface area (Å²) in [5.41, 5.74) is 0.440. The maximum absolute atomic E-state index is 11.8. The summed E-state index contributed by atoms with van der Waals surface area (Å²) in [5, 5.41) is 11.0. The molecule has 1 atom stereocenters. The zero-order valence-electron chi connectivity index (χ0n) is 13.0. The SMILES string of the molecule is COc1ccc([C@H](C[N+](=O)[O-])C(C(C)=O)C(C)=O)c(OC)c1. The third-order valence-corrected chi connectivity index (χ3v) is 3.46. The van der Waals surface area contributed by atoms with Crippen molar-refractivity contribution in [3.05, 3.63) is 33.9 Å². The highest BCUT2D eigenvalue weighted by atomic mass is 16.6. The van der Waals surface area contributed by atoms with Crippen LogP contribution in [-0.2, 0) is 9.59 Å². The normalized spacial score (nSPS) is 11.9. The second-order valence-electron chi connectivity index (χ2n) is 4.93. The first-order valence-corrected chi connectivity index (χ1v) is 6.66. The number of nitro groups is 1. The zero-order valence-corrected chi connectivity index (χ0v) is 13.0. The summed E-state index contributed by atoms with van der Waals surface area (Å²) in [6, 6.07) is 4.77. The van der Waals surface area contributed by atoms with E-state index in [0.717, 1.165) is 0 Å². The lowest BCUT2D eigenvalue weighted by molar-refractivity contribution is -0.484. The highest BCUT2D eigenvalue weighted by Gasteiger charge is 2.36. The van der Waals surface area contributed by atoms with Crippen LogP contribution < -0.4 is 9.47 Å². The molecule has 1 aromatic carbocycles. The fourth-order valence-corrected chi connectivity index (χ4v) is 2.52. The molecule has 0 amide bonds. The number of carbonyl (C=O) groups is 2. The number of rotatable bonds is 8. The summed E-state index contributed by atoms with van der Waals surface area (Å²) in [6.07, 6.45) is 0. The topological polar surface area (TPSA) is 95.7 Å². The Balaban J connectivity index is 3.41. The van der Waals surface area contributed by atoms with Gasteiger partial charge in [0.05, 0.1) is 26.1 Å². The average molecular weight is 309 g/mol. The van der Waals surface area contributed by atoms with E-state index in [4.69, 9.17) is 9.47 Å². The third-order valence-electron chi connectivity index (χ3n) is 3.46. The van der Waals surface area contributed by atoms with Crippen molar-refractivity contribution >= 4 is 11.6 Å². The fourth-order valence-electron chi connectivity index (χ4n) is 2.52. The van der Waals surface area contributed by atoms with Crippen LogP contribution in [0, 0.1) is 16.0 Å². The minimum absolute atomic E-state index is 0.346. The standard InChI is InChI=1S/C15H19NO6/c1-9(17)15(10(2)18)13(8-16(19)20)12-6-5-11(21-3)7-14(12)22-4/h5-7,13,15H,8H2,1-4H3/t13-/m0/s1. The van der Waals surface area contributed by atoms with Crippen LogP contribution in [-0.4, -0.2) is 37.3 Å². The molecule has 0 aromatic heterocycles. The van der Waals surface area contributed by atoms with Gasteiger partial charge in [0.2, 0.25) is 6.54 Å². The molecule has 1 rings (SSSR count). The van der Waals surface area contributed by atoms with Crippen LogP contribution in [0.3, 0.4) is 0 Å². The molecule has 0 radical (unpaired) electrons. The van der Waals surface area contributed by atoms with Gasteiger partial charge in [0.25, 0.3) is 0 Å². The monoisotopic (exact) mass is 309 g/mol. The van der Waals surface area contributed by atoms with Gasteiger partial charge in [-0.15, -0.1) is 0 Å². The predicted octanol–water partition coefficient (Wildman–Crippen LogP) is 1.86. The van der Waals surface area contributed by atoms with Crippen LogP contribution in [0.1, 0.15) is 25.3 Å². The number of ether oxygens (including phenoxy) is 2. The van der Waals surface area contributed by atoms with Crippen molar-refractivity contribution in [2.24, 2.45) is 5.92 Å². The van der Waals surface area contributed by atoms with Gasteiger partial charge < -0.3 is 9.47 Å². The highest BCUT2D eigenvalue weighted by Crippen LogP contribution is 2.35. The Morgan fingerprint density at radius 1 is 1.18 bits per heavy atom. The molecular weight excluding hydrogens is 290 g/mol. The minimum Gasteiger partial charge on any atom is -0.497 e.